The Labute approximate surface area is 140 Å². The molecule has 2 heterocycles. The average Bonchev–Trinajstić information content (AvgIpc) is 3.07. The minimum atomic E-state index is -0.441. The van der Waals surface area contributed by atoms with Gasteiger partial charge in [-0.25, -0.2) is 0 Å². The Balaban J connectivity index is 2.11. The maximum atomic E-state index is 12.5. The minimum Gasteiger partial charge on any atom is -0.319 e. The van der Waals surface area contributed by atoms with Crippen LogP contribution in [-0.2, 0) is 13.6 Å². The molecule has 0 N–H and O–H groups in total. The van der Waals surface area contributed by atoms with E-state index in [2.05, 4.69) is 10.1 Å². The molecule has 9 heteroatoms. The highest BCUT2D eigenvalue weighted by molar-refractivity contribution is 7.16. The van der Waals surface area contributed by atoms with Crippen LogP contribution in [0, 0.1) is 17.0 Å². The molecule has 2 aromatic heterocycles. The second-order valence-electron chi connectivity index (χ2n) is 5.26. The molecule has 0 aliphatic heterocycles. The third kappa shape index (κ3) is 2.73. The van der Waals surface area contributed by atoms with Crippen molar-refractivity contribution in [3.8, 4) is 0 Å². The zero-order valence-corrected chi connectivity index (χ0v) is 14.2. The highest BCUT2D eigenvalue weighted by Gasteiger charge is 2.14. The van der Waals surface area contributed by atoms with Crippen molar-refractivity contribution in [1.29, 1.82) is 0 Å². The number of hydrogen-bond donors (Lipinski definition) is 0. The molecule has 3 aromatic rings. The molecule has 0 unspecified atom stereocenters. The number of carbonyl (C=O) groups is 1. The van der Waals surface area contributed by atoms with Gasteiger partial charge in [-0.1, -0.05) is 11.3 Å². The molecule has 0 atom stereocenters. The average molecular weight is 345 g/mol. The van der Waals surface area contributed by atoms with Gasteiger partial charge in [0.25, 0.3) is 11.6 Å². The largest absolute Gasteiger partial charge is 0.319 e. The number of hydrogen-bond acceptors (Lipinski definition) is 5. The van der Waals surface area contributed by atoms with Crippen LogP contribution >= 0.6 is 11.3 Å². The van der Waals surface area contributed by atoms with Crippen molar-refractivity contribution in [3.63, 3.8) is 0 Å². The predicted molar refractivity (Wildman–Crippen MR) is 90.0 cm³/mol. The van der Waals surface area contributed by atoms with Crippen molar-refractivity contribution in [3.05, 3.63) is 50.6 Å². The van der Waals surface area contributed by atoms with Crippen molar-refractivity contribution < 1.29 is 9.72 Å². The van der Waals surface area contributed by atoms with E-state index in [-0.39, 0.29) is 11.6 Å². The summed E-state index contributed by atoms with van der Waals surface area (Å²) in [6, 6.07) is 6.29. The molecule has 0 radical (unpaired) electrons. The molecule has 8 nitrogen and oxygen atoms in total. The number of aromatic nitrogens is 3. The molecule has 0 bridgehead atoms. The van der Waals surface area contributed by atoms with Crippen LogP contribution in [0.25, 0.3) is 10.2 Å². The first-order valence-corrected chi connectivity index (χ1v) is 8.10. The third-order valence-electron chi connectivity index (χ3n) is 3.62. The molecule has 0 spiro atoms. The number of rotatable bonds is 3. The zero-order valence-electron chi connectivity index (χ0n) is 13.4. The van der Waals surface area contributed by atoms with Crippen LogP contribution in [-0.4, -0.2) is 25.2 Å². The first-order valence-electron chi connectivity index (χ1n) is 7.28. The maximum absolute atomic E-state index is 12.5. The Morgan fingerprint density at radius 2 is 2.17 bits per heavy atom. The van der Waals surface area contributed by atoms with Gasteiger partial charge in [0.15, 0.2) is 4.80 Å². The topological polar surface area (TPSA) is 95.3 Å². The van der Waals surface area contributed by atoms with E-state index >= 15 is 0 Å². The summed E-state index contributed by atoms with van der Waals surface area (Å²) in [6.45, 7) is 4.30. The highest BCUT2D eigenvalue weighted by atomic mass is 32.1. The summed E-state index contributed by atoms with van der Waals surface area (Å²) in [7, 11) is 1.78. The summed E-state index contributed by atoms with van der Waals surface area (Å²) in [5.41, 5.74) is 1.99. The molecule has 0 saturated heterocycles. The highest BCUT2D eigenvalue weighted by Crippen LogP contribution is 2.22. The summed E-state index contributed by atoms with van der Waals surface area (Å²) in [6.07, 6.45) is 0. The molecule has 3 rings (SSSR count). The quantitative estimate of drug-likeness (QED) is 0.538. The second-order valence-corrected chi connectivity index (χ2v) is 6.27. The first-order chi connectivity index (χ1) is 11.4. The number of non-ortho nitro benzene ring substituents is 1. The molecular weight excluding hydrogens is 330 g/mol. The Morgan fingerprint density at radius 3 is 2.83 bits per heavy atom. The fourth-order valence-electron chi connectivity index (χ4n) is 2.45. The molecule has 0 fully saturated rings. The lowest BCUT2D eigenvalue weighted by atomic mass is 10.3. The van der Waals surface area contributed by atoms with Crippen LogP contribution in [0.15, 0.2) is 29.3 Å². The van der Waals surface area contributed by atoms with Crippen LogP contribution in [0.3, 0.4) is 0 Å². The van der Waals surface area contributed by atoms with Crippen LogP contribution in [0.5, 0.6) is 0 Å². The number of fused-ring (bicyclic) bond motifs is 1. The van der Waals surface area contributed by atoms with Crippen LogP contribution in [0.1, 0.15) is 23.1 Å². The molecule has 1 amide bonds. The maximum Gasteiger partial charge on any atom is 0.297 e. The molecule has 0 saturated carbocycles. The van der Waals surface area contributed by atoms with Gasteiger partial charge in [0.05, 0.1) is 20.8 Å². The summed E-state index contributed by atoms with van der Waals surface area (Å²) in [5, 5.41) is 15.1. The normalized spacial score (nSPS) is 12.0. The van der Waals surface area contributed by atoms with Gasteiger partial charge in [0, 0.05) is 25.7 Å². The number of amides is 1. The molecule has 24 heavy (non-hydrogen) atoms. The van der Waals surface area contributed by atoms with E-state index in [0.717, 1.165) is 11.2 Å². The van der Waals surface area contributed by atoms with Crippen molar-refractivity contribution in [2.45, 2.75) is 20.4 Å². The minimum absolute atomic E-state index is 0.0157. The van der Waals surface area contributed by atoms with Gasteiger partial charge in [-0.3, -0.25) is 19.6 Å². The molecule has 1 aromatic carbocycles. The fourth-order valence-corrected chi connectivity index (χ4v) is 3.50. The Morgan fingerprint density at radius 1 is 1.42 bits per heavy atom. The van der Waals surface area contributed by atoms with E-state index < -0.39 is 4.92 Å². The fraction of sp³-hybridized carbons (Fsp3) is 0.267. The first kappa shape index (κ1) is 16.1. The summed E-state index contributed by atoms with van der Waals surface area (Å²) in [5.74, 6) is -0.380. The van der Waals surface area contributed by atoms with Gasteiger partial charge in [0.2, 0.25) is 0 Å². The molecular formula is C15H15N5O3S. The van der Waals surface area contributed by atoms with Gasteiger partial charge in [-0.05, 0) is 26.0 Å². The SMILES string of the molecule is CCn1nc(C)cc1C(=O)N=c1sc2cc([N+](=O)[O-])ccc2n1C. The number of thiazole rings is 1. The molecule has 0 aliphatic carbocycles. The van der Waals surface area contributed by atoms with E-state index in [1.807, 2.05) is 13.8 Å². The Kier molecular flexibility index (Phi) is 4.02. The number of nitrogens with zero attached hydrogens (tertiary/aromatic N) is 5. The number of carbonyl (C=O) groups excluding carboxylic acids is 1. The van der Waals surface area contributed by atoms with Gasteiger partial charge in [-0.15, -0.1) is 0 Å². The number of nitro groups is 1. The lowest BCUT2D eigenvalue weighted by Gasteiger charge is -1.99. The monoisotopic (exact) mass is 345 g/mol. The number of nitro benzene ring substituents is 1. The van der Waals surface area contributed by atoms with Crippen molar-refractivity contribution in [2.24, 2.45) is 12.0 Å². The Bertz CT molecular complexity index is 1030. The van der Waals surface area contributed by atoms with Gasteiger partial charge >= 0.3 is 0 Å². The van der Waals surface area contributed by atoms with E-state index in [9.17, 15) is 14.9 Å². The summed E-state index contributed by atoms with van der Waals surface area (Å²) in [4.78, 5) is 27.6. The van der Waals surface area contributed by atoms with Gasteiger partial charge in [-0.2, -0.15) is 10.1 Å². The van der Waals surface area contributed by atoms with E-state index in [4.69, 9.17) is 0 Å². The number of aryl methyl sites for hydroxylation is 3. The number of benzene rings is 1. The lowest BCUT2D eigenvalue weighted by molar-refractivity contribution is -0.384. The molecule has 0 aliphatic rings. The smallest absolute Gasteiger partial charge is 0.297 e. The van der Waals surface area contributed by atoms with Crippen molar-refractivity contribution in [1.82, 2.24) is 14.3 Å². The summed E-state index contributed by atoms with van der Waals surface area (Å²) < 4.78 is 4.07. The van der Waals surface area contributed by atoms with Crippen LogP contribution < -0.4 is 4.80 Å². The van der Waals surface area contributed by atoms with Gasteiger partial charge < -0.3 is 4.57 Å². The molecule has 124 valence electrons. The van der Waals surface area contributed by atoms with Crippen molar-refractivity contribution >= 4 is 33.1 Å². The predicted octanol–water partition coefficient (Wildman–Crippen LogP) is 2.41. The van der Waals surface area contributed by atoms with E-state index in [1.165, 1.54) is 23.5 Å². The van der Waals surface area contributed by atoms with Crippen LogP contribution in [0.2, 0.25) is 0 Å². The van der Waals surface area contributed by atoms with Gasteiger partial charge in [0.1, 0.15) is 5.69 Å². The Hall–Kier alpha value is -2.81. The second kappa shape index (κ2) is 6.00. The van der Waals surface area contributed by atoms with E-state index in [0.29, 0.717) is 21.7 Å². The van der Waals surface area contributed by atoms with Crippen LogP contribution in [0.4, 0.5) is 5.69 Å². The third-order valence-corrected chi connectivity index (χ3v) is 4.72. The van der Waals surface area contributed by atoms with E-state index in [1.54, 1.807) is 28.4 Å². The zero-order chi connectivity index (χ0) is 17.4. The summed E-state index contributed by atoms with van der Waals surface area (Å²) >= 11 is 1.24. The van der Waals surface area contributed by atoms with Crippen molar-refractivity contribution in [2.75, 3.05) is 0 Å². The standard InChI is InChI=1S/C15H15N5O3S/c1-4-19-12(7-9(2)17-19)14(21)16-15-18(3)11-6-5-10(20(22)23)8-13(11)24-15/h5-8H,4H2,1-3H3. The lowest BCUT2D eigenvalue weighted by Crippen LogP contribution is -2.15.